The van der Waals surface area contributed by atoms with E-state index in [0.717, 1.165) is 28.6 Å². The molecule has 0 N–H and O–H groups in total. The van der Waals surface area contributed by atoms with E-state index in [9.17, 15) is 22.0 Å². The molecule has 8 heteroatoms. The molecule has 0 fully saturated rings. The topological polar surface area (TPSA) is 63.7 Å². The van der Waals surface area contributed by atoms with E-state index in [4.69, 9.17) is 4.74 Å². The minimum atomic E-state index is -4.06. The normalized spacial score (nSPS) is 17.6. The van der Waals surface area contributed by atoms with E-state index in [1.807, 2.05) is 0 Å². The fourth-order valence-electron chi connectivity index (χ4n) is 2.97. The molecule has 5 nitrogen and oxygen atoms in total. The molecule has 0 amide bonds. The van der Waals surface area contributed by atoms with E-state index in [1.165, 1.54) is 24.3 Å². The Bertz CT molecular complexity index is 987. The predicted octanol–water partition coefficient (Wildman–Crippen LogP) is 3.20. The highest BCUT2D eigenvalue weighted by molar-refractivity contribution is 7.89. The van der Waals surface area contributed by atoms with Crippen molar-refractivity contribution in [3.63, 3.8) is 0 Å². The van der Waals surface area contributed by atoms with Crippen molar-refractivity contribution in [2.45, 2.75) is 17.9 Å². The standard InChI is InChI=1S/C19H17F2NO4S/c1-2-26-19(23)17-10-11-22(18(17)13-4-3-5-15(21)12-13)27(24,25)16-8-6-14(20)7-9-16/h3-10,12,18H,2,11H2,1H3. The molecule has 27 heavy (non-hydrogen) atoms. The second-order valence-corrected chi connectivity index (χ2v) is 7.76. The Kier molecular flexibility index (Phi) is 5.38. The van der Waals surface area contributed by atoms with Gasteiger partial charge in [-0.05, 0) is 48.9 Å². The fourth-order valence-corrected chi connectivity index (χ4v) is 4.51. The van der Waals surface area contributed by atoms with Crippen LogP contribution in [0.25, 0.3) is 0 Å². The number of nitrogens with zero attached hydrogens (tertiary/aromatic N) is 1. The zero-order valence-corrected chi connectivity index (χ0v) is 15.2. The molecule has 0 saturated carbocycles. The first-order valence-electron chi connectivity index (χ1n) is 8.24. The molecule has 1 aliphatic rings. The first kappa shape index (κ1) is 19.2. The Labute approximate surface area is 155 Å². The number of esters is 1. The van der Waals surface area contributed by atoms with Crippen LogP contribution in [0.2, 0.25) is 0 Å². The van der Waals surface area contributed by atoms with Crippen LogP contribution in [0.4, 0.5) is 8.78 Å². The summed E-state index contributed by atoms with van der Waals surface area (Å²) < 4.78 is 59.1. The van der Waals surface area contributed by atoms with E-state index < -0.39 is 33.7 Å². The van der Waals surface area contributed by atoms with Gasteiger partial charge in [-0.2, -0.15) is 4.31 Å². The fraction of sp³-hybridized carbons (Fsp3) is 0.211. The Morgan fingerprint density at radius 1 is 1.15 bits per heavy atom. The van der Waals surface area contributed by atoms with Crippen molar-refractivity contribution in [2.24, 2.45) is 0 Å². The average Bonchev–Trinajstić information content (AvgIpc) is 3.08. The number of halogens is 2. The number of ether oxygens (including phenoxy) is 1. The molecule has 1 heterocycles. The molecule has 2 aromatic carbocycles. The van der Waals surface area contributed by atoms with Crippen LogP contribution in [0.5, 0.6) is 0 Å². The molecule has 142 valence electrons. The van der Waals surface area contributed by atoms with E-state index in [-0.39, 0.29) is 23.6 Å². The molecule has 0 spiro atoms. The zero-order valence-electron chi connectivity index (χ0n) is 14.4. The van der Waals surface area contributed by atoms with Gasteiger partial charge in [0.05, 0.1) is 23.1 Å². The van der Waals surface area contributed by atoms with Crippen molar-refractivity contribution in [1.82, 2.24) is 4.31 Å². The summed E-state index contributed by atoms with van der Waals surface area (Å²) in [7, 11) is -4.06. The lowest BCUT2D eigenvalue weighted by Gasteiger charge is -2.26. The van der Waals surface area contributed by atoms with Crippen molar-refractivity contribution in [3.8, 4) is 0 Å². The van der Waals surface area contributed by atoms with Crippen molar-refractivity contribution >= 4 is 16.0 Å². The van der Waals surface area contributed by atoms with Gasteiger partial charge in [0, 0.05) is 6.54 Å². The smallest absolute Gasteiger partial charge is 0.335 e. The number of rotatable bonds is 5. The summed E-state index contributed by atoms with van der Waals surface area (Å²) in [5, 5.41) is 0. The Morgan fingerprint density at radius 2 is 1.85 bits per heavy atom. The number of carbonyl (C=O) groups excluding carboxylic acids is 1. The van der Waals surface area contributed by atoms with Gasteiger partial charge in [-0.3, -0.25) is 0 Å². The van der Waals surface area contributed by atoms with Crippen molar-refractivity contribution in [2.75, 3.05) is 13.2 Å². The van der Waals surface area contributed by atoms with Crippen LogP contribution in [0, 0.1) is 11.6 Å². The van der Waals surface area contributed by atoms with Gasteiger partial charge in [-0.1, -0.05) is 18.2 Å². The molecule has 0 radical (unpaired) electrons. The van der Waals surface area contributed by atoms with Crippen molar-refractivity contribution in [1.29, 1.82) is 0 Å². The van der Waals surface area contributed by atoms with E-state index in [0.29, 0.717) is 5.56 Å². The molecule has 1 unspecified atom stereocenters. The minimum absolute atomic E-state index is 0.0883. The SMILES string of the molecule is CCOC(=O)C1=CCN(S(=O)(=O)c2ccc(F)cc2)C1c1cccc(F)c1. The third kappa shape index (κ3) is 3.77. The molecule has 1 atom stereocenters. The second kappa shape index (κ2) is 7.58. The summed E-state index contributed by atoms with van der Waals surface area (Å²) >= 11 is 0. The van der Waals surface area contributed by atoms with Gasteiger partial charge < -0.3 is 4.74 Å². The summed E-state index contributed by atoms with van der Waals surface area (Å²) in [6.07, 6.45) is 1.45. The van der Waals surface area contributed by atoms with Crippen LogP contribution in [-0.2, 0) is 19.6 Å². The molecule has 0 bridgehead atoms. The number of benzene rings is 2. The molecule has 3 rings (SSSR count). The molecule has 0 aliphatic carbocycles. The van der Waals surface area contributed by atoms with Gasteiger partial charge in [0.25, 0.3) is 0 Å². The van der Waals surface area contributed by atoms with Gasteiger partial charge in [0.15, 0.2) is 0 Å². The highest BCUT2D eigenvalue weighted by atomic mass is 32.2. The summed E-state index contributed by atoms with van der Waals surface area (Å²) in [4.78, 5) is 12.2. The van der Waals surface area contributed by atoms with E-state index >= 15 is 0 Å². The highest BCUT2D eigenvalue weighted by Crippen LogP contribution is 2.38. The summed E-state index contributed by atoms with van der Waals surface area (Å²) in [6.45, 7) is 1.67. The quantitative estimate of drug-likeness (QED) is 0.732. The lowest BCUT2D eigenvalue weighted by atomic mass is 10.0. The average molecular weight is 393 g/mol. The monoisotopic (exact) mass is 393 g/mol. The molecule has 2 aromatic rings. The summed E-state index contributed by atoms with van der Waals surface area (Å²) in [5.41, 5.74) is 0.422. The van der Waals surface area contributed by atoms with Gasteiger partial charge >= 0.3 is 5.97 Å². The maximum absolute atomic E-state index is 13.7. The number of sulfonamides is 1. The lowest BCUT2D eigenvalue weighted by molar-refractivity contribution is -0.138. The third-order valence-corrected chi connectivity index (χ3v) is 6.01. The van der Waals surface area contributed by atoms with Crippen LogP contribution in [0.1, 0.15) is 18.5 Å². The molecular formula is C19H17F2NO4S. The van der Waals surface area contributed by atoms with Crippen LogP contribution < -0.4 is 0 Å². The Morgan fingerprint density at radius 3 is 2.48 bits per heavy atom. The first-order valence-corrected chi connectivity index (χ1v) is 9.68. The predicted molar refractivity (Wildman–Crippen MR) is 94.1 cm³/mol. The number of hydrogen-bond acceptors (Lipinski definition) is 4. The highest BCUT2D eigenvalue weighted by Gasteiger charge is 2.41. The molecule has 0 aromatic heterocycles. The molecule has 1 aliphatic heterocycles. The number of hydrogen-bond donors (Lipinski definition) is 0. The van der Waals surface area contributed by atoms with E-state index in [2.05, 4.69) is 0 Å². The molecule has 0 saturated heterocycles. The lowest BCUT2D eigenvalue weighted by Crippen LogP contribution is -2.33. The van der Waals surface area contributed by atoms with Gasteiger partial charge in [0.2, 0.25) is 10.0 Å². The largest absolute Gasteiger partial charge is 0.463 e. The van der Waals surface area contributed by atoms with E-state index in [1.54, 1.807) is 13.0 Å². The number of carbonyl (C=O) groups is 1. The van der Waals surface area contributed by atoms with Crippen molar-refractivity contribution < 1.29 is 26.7 Å². The summed E-state index contributed by atoms with van der Waals surface area (Å²) in [6, 6.07) is 8.73. The van der Waals surface area contributed by atoms with Gasteiger partial charge in [0.1, 0.15) is 11.6 Å². The van der Waals surface area contributed by atoms with Crippen LogP contribution in [-0.4, -0.2) is 31.8 Å². The Balaban J connectivity index is 2.06. The third-order valence-electron chi connectivity index (χ3n) is 4.17. The maximum atomic E-state index is 13.7. The molecular weight excluding hydrogens is 376 g/mol. The van der Waals surface area contributed by atoms with Crippen LogP contribution in [0.3, 0.4) is 0 Å². The van der Waals surface area contributed by atoms with Crippen LogP contribution >= 0.6 is 0 Å². The van der Waals surface area contributed by atoms with Gasteiger partial charge in [-0.25, -0.2) is 22.0 Å². The minimum Gasteiger partial charge on any atom is -0.463 e. The zero-order chi connectivity index (χ0) is 19.6. The van der Waals surface area contributed by atoms with Crippen LogP contribution in [0.15, 0.2) is 65.1 Å². The Hall–Kier alpha value is -2.58. The van der Waals surface area contributed by atoms with Crippen molar-refractivity contribution in [3.05, 3.63) is 77.4 Å². The van der Waals surface area contributed by atoms with Gasteiger partial charge in [-0.15, -0.1) is 0 Å². The first-order chi connectivity index (χ1) is 12.8. The second-order valence-electron chi connectivity index (χ2n) is 5.87. The summed E-state index contributed by atoms with van der Waals surface area (Å²) in [5.74, 6) is -1.78. The maximum Gasteiger partial charge on any atom is 0.335 e.